The molecule has 0 bridgehead atoms. The molecule has 0 radical (unpaired) electrons. The van der Waals surface area contributed by atoms with Gasteiger partial charge >= 0.3 is 0 Å². The van der Waals surface area contributed by atoms with E-state index in [0.717, 1.165) is 29.6 Å². The highest BCUT2D eigenvalue weighted by Crippen LogP contribution is 2.28. The highest BCUT2D eigenvalue weighted by molar-refractivity contribution is 7.09. The van der Waals surface area contributed by atoms with Crippen LogP contribution in [0, 0.1) is 18.6 Å². The second-order valence-corrected chi connectivity index (χ2v) is 5.28. The van der Waals surface area contributed by atoms with Gasteiger partial charge in [0.15, 0.2) is 0 Å². The number of hydrogen-bond donors (Lipinski definition) is 1. The fourth-order valence-corrected chi connectivity index (χ4v) is 2.88. The molecule has 0 aliphatic heterocycles. The summed E-state index contributed by atoms with van der Waals surface area (Å²) in [5.41, 5.74) is 3.24. The van der Waals surface area contributed by atoms with E-state index in [1.54, 1.807) is 5.51 Å². The first-order valence-corrected chi connectivity index (χ1v) is 7.09. The van der Waals surface area contributed by atoms with Crippen molar-refractivity contribution in [3.05, 3.63) is 51.5 Å². The van der Waals surface area contributed by atoms with Crippen molar-refractivity contribution >= 4 is 11.3 Å². The van der Waals surface area contributed by atoms with Crippen LogP contribution >= 0.6 is 11.3 Å². The quantitative estimate of drug-likeness (QED) is 0.901. The Balaban J connectivity index is 2.39. The van der Waals surface area contributed by atoms with Gasteiger partial charge in [-0.05, 0) is 37.6 Å². The molecule has 0 aliphatic rings. The maximum Gasteiger partial charge on any atom is 0.126 e. The van der Waals surface area contributed by atoms with Crippen LogP contribution in [0.2, 0.25) is 0 Å². The molecule has 2 rings (SSSR count). The molecule has 1 atom stereocenters. The largest absolute Gasteiger partial charge is 0.306 e. The van der Waals surface area contributed by atoms with Gasteiger partial charge in [0.25, 0.3) is 0 Å². The third-order valence-electron chi connectivity index (χ3n) is 2.86. The van der Waals surface area contributed by atoms with Gasteiger partial charge in [0, 0.05) is 10.9 Å². The van der Waals surface area contributed by atoms with Crippen molar-refractivity contribution in [1.82, 2.24) is 10.3 Å². The number of nitrogens with one attached hydrogen (secondary N) is 1. The van der Waals surface area contributed by atoms with Gasteiger partial charge in [0.05, 0.1) is 17.2 Å². The van der Waals surface area contributed by atoms with E-state index >= 15 is 0 Å². The first-order valence-electron chi connectivity index (χ1n) is 6.21. The molecule has 1 aromatic carbocycles. The summed E-state index contributed by atoms with van der Waals surface area (Å²) in [6.45, 7) is 4.73. The van der Waals surface area contributed by atoms with E-state index in [2.05, 4.69) is 17.2 Å². The van der Waals surface area contributed by atoms with Gasteiger partial charge in [-0.2, -0.15) is 0 Å². The molecule has 102 valence electrons. The third-order valence-corrected chi connectivity index (χ3v) is 3.86. The van der Waals surface area contributed by atoms with E-state index in [1.165, 1.54) is 23.5 Å². The Hall–Kier alpha value is -1.33. The number of nitrogens with zero attached hydrogens (tertiary/aromatic N) is 1. The van der Waals surface area contributed by atoms with Crippen molar-refractivity contribution in [1.29, 1.82) is 0 Å². The van der Waals surface area contributed by atoms with Crippen LogP contribution in [0.4, 0.5) is 8.78 Å². The normalized spacial score (nSPS) is 12.6. The lowest BCUT2D eigenvalue weighted by Gasteiger charge is -2.18. The Morgan fingerprint density at radius 1 is 1.26 bits per heavy atom. The molecule has 1 aromatic heterocycles. The lowest BCUT2D eigenvalue weighted by molar-refractivity contribution is 0.560. The summed E-state index contributed by atoms with van der Waals surface area (Å²) >= 11 is 1.50. The zero-order valence-corrected chi connectivity index (χ0v) is 11.7. The molecule has 0 saturated heterocycles. The summed E-state index contributed by atoms with van der Waals surface area (Å²) in [5, 5.41) is 3.32. The van der Waals surface area contributed by atoms with Crippen molar-refractivity contribution < 1.29 is 8.78 Å². The Bertz CT molecular complexity index is 534. The average molecular weight is 282 g/mol. The Morgan fingerprint density at radius 2 is 1.95 bits per heavy atom. The van der Waals surface area contributed by atoms with Crippen molar-refractivity contribution in [3.63, 3.8) is 0 Å². The summed E-state index contributed by atoms with van der Waals surface area (Å²) in [4.78, 5) is 5.21. The van der Waals surface area contributed by atoms with Crippen LogP contribution < -0.4 is 5.32 Å². The molecule has 0 fully saturated rings. The summed E-state index contributed by atoms with van der Waals surface area (Å²) < 4.78 is 26.7. The Labute approximate surface area is 115 Å². The number of benzene rings is 1. The van der Waals surface area contributed by atoms with Gasteiger partial charge in [-0.1, -0.05) is 6.92 Å². The highest BCUT2D eigenvalue weighted by Gasteiger charge is 2.19. The van der Waals surface area contributed by atoms with Crippen LogP contribution in [0.1, 0.15) is 35.5 Å². The SMILES string of the molecule is CCCNC(c1cc(F)cc(F)c1)c1scnc1C. The highest BCUT2D eigenvalue weighted by atomic mass is 32.1. The molecule has 19 heavy (non-hydrogen) atoms. The van der Waals surface area contributed by atoms with E-state index in [1.807, 2.05) is 6.92 Å². The summed E-state index contributed by atoms with van der Waals surface area (Å²) in [5.74, 6) is -1.11. The van der Waals surface area contributed by atoms with Crippen molar-refractivity contribution in [3.8, 4) is 0 Å². The van der Waals surface area contributed by atoms with Gasteiger partial charge in [-0.25, -0.2) is 13.8 Å². The van der Waals surface area contributed by atoms with E-state index in [0.29, 0.717) is 5.56 Å². The standard InChI is InChI=1S/C14H16F2N2S/c1-3-4-17-13(14-9(2)18-8-19-14)10-5-11(15)7-12(16)6-10/h5-8,13,17H,3-4H2,1-2H3. The van der Waals surface area contributed by atoms with Crippen LogP contribution in [-0.4, -0.2) is 11.5 Å². The van der Waals surface area contributed by atoms with Crippen LogP contribution in [-0.2, 0) is 0 Å². The van der Waals surface area contributed by atoms with Crippen molar-refractivity contribution in [2.45, 2.75) is 26.3 Å². The fraction of sp³-hybridized carbons (Fsp3) is 0.357. The van der Waals surface area contributed by atoms with Gasteiger partial charge in [0.2, 0.25) is 0 Å². The minimum Gasteiger partial charge on any atom is -0.306 e. The Kier molecular flexibility index (Phi) is 4.61. The molecule has 0 aliphatic carbocycles. The molecular formula is C14H16F2N2S. The van der Waals surface area contributed by atoms with Crippen LogP contribution in [0.5, 0.6) is 0 Å². The number of hydrogen-bond acceptors (Lipinski definition) is 3. The van der Waals surface area contributed by atoms with E-state index in [-0.39, 0.29) is 6.04 Å². The van der Waals surface area contributed by atoms with Crippen molar-refractivity contribution in [2.75, 3.05) is 6.54 Å². The number of rotatable bonds is 5. The molecule has 5 heteroatoms. The number of aryl methyl sites for hydroxylation is 1. The molecule has 0 amide bonds. The summed E-state index contributed by atoms with van der Waals surface area (Å²) in [6, 6.07) is 3.42. The molecular weight excluding hydrogens is 266 g/mol. The zero-order chi connectivity index (χ0) is 13.8. The van der Waals surface area contributed by atoms with Gasteiger partial charge in [-0.3, -0.25) is 0 Å². The monoisotopic (exact) mass is 282 g/mol. The average Bonchev–Trinajstić information content (AvgIpc) is 2.75. The van der Waals surface area contributed by atoms with E-state index in [9.17, 15) is 8.78 Å². The first-order chi connectivity index (χ1) is 9.11. The number of thiazole rings is 1. The van der Waals surface area contributed by atoms with Crippen LogP contribution in [0.15, 0.2) is 23.7 Å². The third kappa shape index (κ3) is 3.36. The first kappa shape index (κ1) is 14.1. The lowest BCUT2D eigenvalue weighted by atomic mass is 10.0. The molecule has 0 saturated carbocycles. The van der Waals surface area contributed by atoms with E-state index < -0.39 is 11.6 Å². The van der Waals surface area contributed by atoms with Crippen LogP contribution in [0.3, 0.4) is 0 Å². The van der Waals surface area contributed by atoms with E-state index in [4.69, 9.17) is 0 Å². The molecule has 2 aromatic rings. The molecule has 2 nitrogen and oxygen atoms in total. The minimum atomic E-state index is -0.555. The topological polar surface area (TPSA) is 24.9 Å². The van der Waals surface area contributed by atoms with Crippen molar-refractivity contribution in [2.24, 2.45) is 0 Å². The maximum atomic E-state index is 13.4. The second-order valence-electron chi connectivity index (χ2n) is 4.39. The zero-order valence-electron chi connectivity index (χ0n) is 10.9. The number of halogens is 2. The second kappa shape index (κ2) is 6.21. The minimum absolute atomic E-state index is 0.211. The van der Waals surface area contributed by atoms with Gasteiger partial charge < -0.3 is 5.32 Å². The molecule has 1 heterocycles. The fourth-order valence-electron chi connectivity index (χ4n) is 1.98. The maximum absolute atomic E-state index is 13.4. The smallest absolute Gasteiger partial charge is 0.126 e. The molecule has 1 N–H and O–H groups in total. The summed E-state index contributed by atoms with van der Waals surface area (Å²) in [6.07, 6.45) is 0.951. The molecule has 0 spiro atoms. The lowest BCUT2D eigenvalue weighted by Crippen LogP contribution is -2.23. The molecule has 1 unspecified atom stereocenters. The predicted molar refractivity (Wildman–Crippen MR) is 73.3 cm³/mol. The van der Waals surface area contributed by atoms with Crippen LogP contribution in [0.25, 0.3) is 0 Å². The number of aromatic nitrogens is 1. The van der Waals surface area contributed by atoms with Gasteiger partial charge in [0.1, 0.15) is 11.6 Å². The van der Waals surface area contributed by atoms with Gasteiger partial charge in [-0.15, -0.1) is 11.3 Å². The summed E-state index contributed by atoms with van der Waals surface area (Å²) in [7, 11) is 0. The Morgan fingerprint density at radius 3 is 2.47 bits per heavy atom. The predicted octanol–water partition coefficient (Wildman–Crippen LogP) is 3.82.